The molecule has 2 atom stereocenters. The number of nitrogens with one attached hydrogen (secondary N) is 1. The highest BCUT2D eigenvalue weighted by molar-refractivity contribution is 5.95. The van der Waals surface area contributed by atoms with Crippen LogP contribution < -0.4 is 15.0 Å². The number of anilines is 1. The van der Waals surface area contributed by atoms with E-state index in [0.29, 0.717) is 11.3 Å². The summed E-state index contributed by atoms with van der Waals surface area (Å²) in [6.45, 7) is 1.60. The number of nitro groups is 1. The minimum absolute atomic E-state index is 0.0404. The predicted octanol–water partition coefficient (Wildman–Crippen LogP) is 4.38. The van der Waals surface area contributed by atoms with Crippen LogP contribution in [-0.2, 0) is 6.18 Å². The summed E-state index contributed by atoms with van der Waals surface area (Å²) in [5, 5.41) is 13.7. The molecular weight excluding hydrogens is 379 g/mol. The second-order valence-electron chi connectivity index (χ2n) is 6.85. The first-order valence-electron chi connectivity index (χ1n) is 8.34. The van der Waals surface area contributed by atoms with E-state index in [1.807, 2.05) is 0 Å². The van der Waals surface area contributed by atoms with Gasteiger partial charge in [0.25, 0.3) is 5.69 Å². The average molecular weight is 393 g/mol. The Kier molecular flexibility index (Phi) is 3.78. The van der Waals surface area contributed by atoms with Gasteiger partial charge in [-0.15, -0.1) is 0 Å². The van der Waals surface area contributed by atoms with Crippen LogP contribution in [0.15, 0.2) is 42.5 Å². The number of nitrogens with zero attached hydrogens (tertiary/aromatic N) is 2. The van der Waals surface area contributed by atoms with Crippen LogP contribution in [0, 0.1) is 10.1 Å². The van der Waals surface area contributed by atoms with E-state index in [0.717, 1.165) is 17.0 Å². The summed E-state index contributed by atoms with van der Waals surface area (Å²) < 4.78 is 45.2. The van der Waals surface area contributed by atoms with Crippen LogP contribution in [0.3, 0.4) is 0 Å². The van der Waals surface area contributed by atoms with Gasteiger partial charge >= 0.3 is 12.2 Å². The van der Waals surface area contributed by atoms with Gasteiger partial charge in [0.15, 0.2) is 5.72 Å². The molecule has 2 bridgehead atoms. The number of non-ortho nitro benzene ring substituents is 1. The van der Waals surface area contributed by atoms with Gasteiger partial charge in [0.2, 0.25) is 0 Å². The first kappa shape index (κ1) is 18.1. The standard InChI is InChI=1S/C18H14F3N3O4/c1-17-9-14(13-8-12(24(26)27)5-6-15(13)28-17)22-16(25)23(17)11-4-2-3-10(7-11)18(19,20)21/h2-8,14H,9H2,1H3,(H,22,25)/t14-,17+/m1/s1. The number of alkyl halides is 3. The molecule has 1 fully saturated rings. The molecule has 1 N–H and O–H groups in total. The number of rotatable bonds is 2. The second-order valence-corrected chi connectivity index (χ2v) is 6.85. The van der Waals surface area contributed by atoms with Gasteiger partial charge < -0.3 is 10.1 Å². The van der Waals surface area contributed by atoms with Crippen LogP contribution in [0.1, 0.15) is 30.5 Å². The van der Waals surface area contributed by atoms with Crippen molar-refractivity contribution >= 4 is 17.4 Å². The maximum atomic E-state index is 13.1. The number of carbonyl (C=O) groups excluding carboxylic acids is 1. The van der Waals surface area contributed by atoms with Crippen molar-refractivity contribution in [1.82, 2.24) is 5.32 Å². The average Bonchev–Trinajstić information content (AvgIpc) is 2.60. The lowest BCUT2D eigenvalue weighted by molar-refractivity contribution is -0.385. The second kappa shape index (κ2) is 5.85. The van der Waals surface area contributed by atoms with E-state index in [-0.39, 0.29) is 17.8 Å². The monoisotopic (exact) mass is 393 g/mol. The van der Waals surface area contributed by atoms with Gasteiger partial charge in [-0.1, -0.05) is 6.07 Å². The Morgan fingerprint density at radius 2 is 2.04 bits per heavy atom. The molecule has 2 aliphatic heterocycles. The third-order valence-corrected chi connectivity index (χ3v) is 4.90. The first-order valence-corrected chi connectivity index (χ1v) is 8.34. The third-order valence-electron chi connectivity index (χ3n) is 4.90. The molecular formula is C18H14F3N3O4. The molecule has 28 heavy (non-hydrogen) atoms. The Morgan fingerprint density at radius 3 is 2.71 bits per heavy atom. The van der Waals surface area contributed by atoms with Crippen molar-refractivity contribution in [2.24, 2.45) is 0 Å². The van der Waals surface area contributed by atoms with E-state index in [1.165, 1.54) is 30.3 Å². The van der Waals surface area contributed by atoms with E-state index >= 15 is 0 Å². The van der Waals surface area contributed by atoms with Crippen molar-refractivity contribution in [2.75, 3.05) is 4.90 Å². The summed E-state index contributed by atoms with van der Waals surface area (Å²) in [5.41, 5.74) is -1.77. The number of hydrogen-bond acceptors (Lipinski definition) is 4. The van der Waals surface area contributed by atoms with Crippen molar-refractivity contribution in [3.8, 4) is 5.75 Å². The molecule has 146 valence electrons. The molecule has 2 aromatic carbocycles. The lowest BCUT2D eigenvalue weighted by Gasteiger charge is -2.50. The number of ether oxygens (including phenoxy) is 1. The first-order chi connectivity index (χ1) is 13.1. The molecule has 2 amide bonds. The summed E-state index contributed by atoms with van der Waals surface area (Å²) >= 11 is 0. The van der Waals surface area contributed by atoms with Gasteiger partial charge in [-0.2, -0.15) is 13.2 Å². The van der Waals surface area contributed by atoms with Crippen LogP contribution in [0.4, 0.5) is 29.3 Å². The predicted molar refractivity (Wildman–Crippen MR) is 91.9 cm³/mol. The summed E-state index contributed by atoms with van der Waals surface area (Å²) in [6, 6.07) is 7.28. The van der Waals surface area contributed by atoms with Crippen LogP contribution in [0.5, 0.6) is 5.75 Å². The molecule has 0 saturated carbocycles. The van der Waals surface area contributed by atoms with Crippen LogP contribution in [0.25, 0.3) is 0 Å². The molecule has 7 nitrogen and oxygen atoms in total. The number of benzene rings is 2. The van der Waals surface area contributed by atoms with Crippen molar-refractivity contribution < 1.29 is 27.6 Å². The molecule has 2 heterocycles. The molecule has 0 spiro atoms. The maximum absolute atomic E-state index is 13.1. The topological polar surface area (TPSA) is 84.7 Å². The molecule has 1 saturated heterocycles. The Balaban J connectivity index is 1.76. The Morgan fingerprint density at radius 1 is 1.29 bits per heavy atom. The fraction of sp³-hybridized carbons (Fsp3) is 0.278. The zero-order valence-corrected chi connectivity index (χ0v) is 14.5. The fourth-order valence-corrected chi connectivity index (χ4v) is 3.69. The molecule has 2 aromatic rings. The SMILES string of the molecule is C[C@]12C[C@@H](NC(=O)N1c1cccc(C(F)(F)F)c1)c1cc([N+](=O)[O-])ccc1O2. The fourth-order valence-electron chi connectivity index (χ4n) is 3.69. The molecule has 0 radical (unpaired) electrons. The molecule has 2 aliphatic rings. The van der Waals surface area contributed by atoms with Gasteiger partial charge in [0, 0.05) is 24.1 Å². The summed E-state index contributed by atoms with van der Waals surface area (Å²) in [5.74, 6) is 0.335. The Labute approximate surface area is 156 Å². The zero-order valence-electron chi connectivity index (χ0n) is 14.5. The summed E-state index contributed by atoms with van der Waals surface area (Å²) in [6.07, 6.45) is -4.34. The zero-order chi connectivity index (χ0) is 20.3. The van der Waals surface area contributed by atoms with Crippen molar-refractivity contribution in [3.63, 3.8) is 0 Å². The number of halogens is 3. The number of fused-ring (bicyclic) bond motifs is 4. The minimum Gasteiger partial charge on any atom is -0.467 e. The molecule has 4 rings (SSSR count). The molecule has 10 heteroatoms. The van der Waals surface area contributed by atoms with E-state index in [9.17, 15) is 28.1 Å². The van der Waals surface area contributed by atoms with E-state index in [2.05, 4.69) is 5.32 Å². The number of hydrogen-bond donors (Lipinski definition) is 1. The van der Waals surface area contributed by atoms with E-state index < -0.39 is 34.5 Å². The number of amides is 2. The smallest absolute Gasteiger partial charge is 0.416 e. The highest BCUT2D eigenvalue weighted by atomic mass is 19.4. The van der Waals surface area contributed by atoms with Gasteiger partial charge in [0.05, 0.1) is 22.2 Å². The summed E-state index contributed by atoms with van der Waals surface area (Å²) in [4.78, 5) is 24.3. The van der Waals surface area contributed by atoms with Gasteiger partial charge in [-0.25, -0.2) is 4.79 Å². The van der Waals surface area contributed by atoms with Gasteiger partial charge in [-0.3, -0.25) is 15.0 Å². The number of carbonyl (C=O) groups is 1. The quantitative estimate of drug-likeness (QED) is 0.606. The molecule has 0 aliphatic carbocycles. The molecule has 0 unspecified atom stereocenters. The maximum Gasteiger partial charge on any atom is 0.416 e. The third kappa shape index (κ3) is 2.81. The largest absolute Gasteiger partial charge is 0.467 e. The Hall–Kier alpha value is -3.30. The Bertz CT molecular complexity index is 994. The van der Waals surface area contributed by atoms with Crippen LogP contribution in [-0.4, -0.2) is 16.7 Å². The number of nitro benzene ring substituents is 1. The van der Waals surface area contributed by atoms with Crippen LogP contribution >= 0.6 is 0 Å². The van der Waals surface area contributed by atoms with E-state index in [1.54, 1.807) is 6.92 Å². The summed E-state index contributed by atoms with van der Waals surface area (Å²) in [7, 11) is 0. The lowest BCUT2D eigenvalue weighted by Crippen LogP contribution is -2.65. The molecule has 0 aromatic heterocycles. The van der Waals surface area contributed by atoms with Crippen LogP contribution in [0.2, 0.25) is 0 Å². The minimum atomic E-state index is -4.55. The lowest BCUT2D eigenvalue weighted by atomic mass is 9.89. The van der Waals surface area contributed by atoms with Crippen molar-refractivity contribution in [3.05, 3.63) is 63.7 Å². The van der Waals surface area contributed by atoms with Gasteiger partial charge in [-0.05, 0) is 31.2 Å². The highest BCUT2D eigenvalue weighted by Gasteiger charge is 2.50. The van der Waals surface area contributed by atoms with Crippen molar-refractivity contribution in [2.45, 2.75) is 31.3 Å². The van der Waals surface area contributed by atoms with Gasteiger partial charge in [0.1, 0.15) is 5.75 Å². The number of urea groups is 1. The van der Waals surface area contributed by atoms with Crippen molar-refractivity contribution in [1.29, 1.82) is 0 Å². The highest BCUT2D eigenvalue weighted by Crippen LogP contribution is 2.46. The van der Waals surface area contributed by atoms with E-state index in [4.69, 9.17) is 4.74 Å². The normalized spacial score (nSPS) is 23.5.